The van der Waals surface area contributed by atoms with Crippen LogP contribution in [0.5, 0.6) is 0 Å². The molecule has 0 amide bonds. The second kappa shape index (κ2) is 11.6. The summed E-state index contributed by atoms with van der Waals surface area (Å²) in [7, 11) is 2.32. The molecule has 1 aliphatic carbocycles. The Hall–Kier alpha value is -0.0800. The van der Waals surface area contributed by atoms with Gasteiger partial charge in [0.25, 0.3) is 0 Å². The van der Waals surface area contributed by atoms with Gasteiger partial charge in [-0.15, -0.1) is 0 Å². The van der Waals surface area contributed by atoms with Crippen molar-refractivity contribution in [3.8, 4) is 0 Å². The summed E-state index contributed by atoms with van der Waals surface area (Å²) in [4.78, 5) is 2.58. The average molecular weight is 283 g/mol. The lowest BCUT2D eigenvalue weighted by molar-refractivity contribution is 0.230. The molecule has 0 spiro atoms. The van der Waals surface area contributed by atoms with E-state index in [4.69, 9.17) is 0 Å². The smallest absolute Gasteiger partial charge is 0.000661 e. The zero-order valence-corrected chi connectivity index (χ0v) is 14.3. The summed E-state index contributed by atoms with van der Waals surface area (Å²) >= 11 is 0. The summed E-state index contributed by atoms with van der Waals surface area (Å²) in [5.41, 5.74) is 0. The maximum absolute atomic E-state index is 3.53. The number of nitrogens with zero attached hydrogens (tertiary/aromatic N) is 1. The fourth-order valence-corrected chi connectivity index (χ4v) is 3.28. The quantitative estimate of drug-likeness (QED) is 0.568. The van der Waals surface area contributed by atoms with Crippen LogP contribution in [0.1, 0.15) is 71.6 Å². The Bertz CT molecular complexity index is 209. The molecule has 1 N–H and O–H groups in total. The van der Waals surface area contributed by atoms with Crippen LogP contribution < -0.4 is 5.32 Å². The third-order valence-corrected chi connectivity index (χ3v) is 4.49. The van der Waals surface area contributed by atoms with Crippen molar-refractivity contribution in [3.05, 3.63) is 0 Å². The van der Waals surface area contributed by atoms with Crippen LogP contribution in [-0.2, 0) is 0 Å². The van der Waals surface area contributed by atoms with Crippen molar-refractivity contribution in [1.82, 2.24) is 10.2 Å². The van der Waals surface area contributed by atoms with Gasteiger partial charge in [0.15, 0.2) is 0 Å². The Morgan fingerprint density at radius 1 is 1.00 bits per heavy atom. The van der Waals surface area contributed by atoms with E-state index >= 15 is 0 Å². The minimum atomic E-state index is 0.781. The molecule has 1 fully saturated rings. The van der Waals surface area contributed by atoms with Crippen LogP contribution in [0.3, 0.4) is 0 Å². The molecule has 1 aliphatic rings. The molecule has 0 aliphatic heterocycles. The lowest BCUT2D eigenvalue weighted by Gasteiger charge is -2.26. The van der Waals surface area contributed by atoms with Gasteiger partial charge in [-0.2, -0.15) is 0 Å². The molecular weight excluding hydrogens is 244 g/mol. The molecule has 0 aromatic rings. The molecule has 0 radical (unpaired) electrons. The van der Waals surface area contributed by atoms with E-state index in [1.54, 1.807) is 0 Å². The Labute approximate surface area is 127 Å². The molecule has 0 aromatic carbocycles. The van der Waals surface area contributed by atoms with Gasteiger partial charge in [-0.1, -0.05) is 46.0 Å². The van der Waals surface area contributed by atoms with Crippen molar-refractivity contribution >= 4 is 0 Å². The fraction of sp³-hybridized carbons (Fsp3) is 1.00. The third kappa shape index (κ3) is 9.77. The van der Waals surface area contributed by atoms with Crippen LogP contribution in [0.25, 0.3) is 0 Å². The zero-order valence-electron chi connectivity index (χ0n) is 14.3. The summed E-state index contributed by atoms with van der Waals surface area (Å²) in [5, 5.41) is 3.53. The molecule has 1 rings (SSSR count). The van der Waals surface area contributed by atoms with Crippen molar-refractivity contribution in [2.75, 3.05) is 33.2 Å². The highest BCUT2D eigenvalue weighted by atomic mass is 15.1. The Kier molecular flexibility index (Phi) is 10.4. The van der Waals surface area contributed by atoms with E-state index in [-0.39, 0.29) is 0 Å². The van der Waals surface area contributed by atoms with Crippen LogP contribution in [0.2, 0.25) is 0 Å². The van der Waals surface area contributed by atoms with E-state index in [0.717, 1.165) is 11.8 Å². The van der Waals surface area contributed by atoms with Gasteiger partial charge in [0, 0.05) is 6.54 Å². The van der Waals surface area contributed by atoms with E-state index in [1.165, 1.54) is 84.0 Å². The van der Waals surface area contributed by atoms with Crippen LogP contribution in [0, 0.1) is 11.8 Å². The highest BCUT2D eigenvalue weighted by Gasteiger charge is 2.14. The Balaban J connectivity index is 1.85. The fourth-order valence-electron chi connectivity index (χ4n) is 3.28. The molecule has 0 unspecified atom stereocenters. The Morgan fingerprint density at radius 3 is 2.40 bits per heavy atom. The molecule has 2 nitrogen and oxygen atoms in total. The third-order valence-electron chi connectivity index (χ3n) is 4.49. The monoisotopic (exact) mass is 282 g/mol. The van der Waals surface area contributed by atoms with Gasteiger partial charge in [0.05, 0.1) is 0 Å². The van der Waals surface area contributed by atoms with Crippen molar-refractivity contribution in [2.24, 2.45) is 11.8 Å². The van der Waals surface area contributed by atoms with Crippen LogP contribution >= 0.6 is 0 Å². The minimum Gasteiger partial charge on any atom is -0.316 e. The lowest BCUT2D eigenvalue weighted by atomic mass is 9.89. The van der Waals surface area contributed by atoms with Crippen LogP contribution in [0.4, 0.5) is 0 Å². The summed E-state index contributed by atoms with van der Waals surface area (Å²) in [6.07, 6.45) is 12.9. The second-order valence-corrected chi connectivity index (χ2v) is 7.28. The largest absolute Gasteiger partial charge is 0.316 e. The van der Waals surface area contributed by atoms with E-state index < -0.39 is 0 Å². The standard InChI is InChI=1S/C18H38N2/c1-17(2)15-19-13-9-4-5-10-14-20(3)16-18-11-7-6-8-12-18/h17-19H,4-16H2,1-3H3. The summed E-state index contributed by atoms with van der Waals surface area (Å²) < 4.78 is 0. The molecular formula is C18H38N2. The predicted molar refractivity (Wildman–Crippen MR) is 90.2 cm³/mol. The molecule has 0 aromatic heterocycles. The second-order valence-electron chi connectivity index (χ2n) is 7.28. The van der Waals surface area contributed by atoms with Gasteiger partial charge >= 0.3 is 0 Å². The maximum atomic E-state index is 3.53. The minimum absolute atomic E-state index is 0.781. The number of hydrogen-bond acceptors (Lipinski definition) is 2. The van der Waals surface area contributed by atoms with Crippen molar-refractivity contribution in [1.29, 1.82) is 0 Å². The Morgan fingerprint density at radius 2 is 1.70 bits per heavy atom. The van der Waals surface area contributed by atoms with Crippen molar-refractivity contribution in [3.63, 3.8) is 0 Å². The molecule has 120 valence electrons. The number of rotatable bonds is 11. The molecule has 0 heterocycles. The summed E-state index contributed by atoms with van der Waals surface area (Å²) in [6, 6.07) is 0. The first-order valence-electron chi connectivity index (χ1n) is 9.07. The summed E-state index contributed by atoms with van der Waals surface area (Å²) in [6.45, 7) is 9.57. The maximum Gasteiger partial charge on any atom is 0.000661 e. The zero-order chi connectivity index (χ0) is 14.6. The number of unbranched alkanes of at least 4 members (excludes halogenated alkanes) is 3. The van der Waals surface area contributed by atoms with Gasteiger partial charge in [0.1, 0.15) is 0 Å². The predicted octanol–water partition coefficient (Wildman–Crippen LogP) is 4.30. The molecule has 1 saturated carbocycles. The van der Waals surface area contributed by atoms with E-state index in [9.17, 15) is 0 Å². The molecule has 0 atom stereocenters. The van der Waals surface area contributed by atoms with Crippen molar-refractivity contribution < 1.29 is 0 Å². The van der Waals surface area contributed by atoms with Gasteiger partial charge in [0.2, 0.25) is 0 Å². The van der Waals surface area contributed by atoms with E-state index in [2.05, 4.69) is 31.1 Å². The van der Waals surface area contributed by atoms with Gasteiger partial charge in [-0.05, 0) is 64.2 Å². The first-order valence-corrected chi connectivity index (χ1v) is 9.07. The topological polar surface area (TPSA) is 15.3 Å². The first kappa shape index (κ1) is 18.0. The van der Waals surface area contributed by atoms with Gasteiger partial charge < -0.3 is 10.2 Å². The van der Waals surface area contributed by atoms with Gasteiger partial charge in [-0.25, -0.2) is 0 Å². The average Bonchev–Trinajstić information content (AvgIpc) is 2.42. The van der Waals surface area contributed by atoms with E-state index in [0.29, 0.717) is 0 Å². The van der Waals surface area contributed by atoms with Crippen molar-refractivity contribution in [2.45, 2.75) is 71.6 Å². The number of nitrogens with one attached hydrogen (secondary N) is 1. The normalized spacial score (nSPS) is 17.2. The first-order chi connectivity index (χ1) is 9.68. The lowest BCUT2D eigenvalue weighted by Crippen LogP contribution is -2.28. The van der Waals surface area contributed by atoms with Crippen LogP contribution in [-0.4, -0.2) is 38.1 Å². The molecule has 0 saturated heterocycles. The molecule has 2 heteroatoms. The highest BCUT2D eigenvalue weighted by Crippen LogP contribution is 2.24. The molecule has 0 bridgehead atoms. The van der Waals surface area contributed by atoms with Gasteiger partial charge in [-0.3, -0.25) is 0 Å². The SMILES string of the molecule is CC(C)CNCCCCCCN(C)CC1CCCCC1. The van der Waals surface area contributed by atoms with Crippen LogP contribution in [0.15, 0.2) is 0 Å². The summed E-state index contributed by atoms with van der Waals surface area (Å²) in [5.74, 6) is 1.78. The number of hydrogen-bond donors (Lipinski definition) is 1. The highest BCUT2D eigenvalue weighted by molar-refractivity contribution is 4.69. The molecule has 20 heavy (non-hydrogen) atoms. The van der Waals surface area contributed by atoms with E-state index in [1.807, 2.05) is 0 Å².